The van der Waals surface area contributed by atoms with Gasteiger partial charge in [-0.05, 0) is 18.9 Å². The number of hydrogen-bond acceptors (Lipinski definition) is 8. The average molecular weight is 475 g/mol. The molecule has 5 rings (SSSR count). The molecule has 0 saturated carbocycles. The predicted octanol–water partition coefficient (Wildman–Crippen LogP) is 4.77. The van der Waals surface area contributed by atoms with Crippen LogP contribution in [0.25, 0.3) is 34.3 Å². The van der Waals surface area contributed by atoms with Crippen molar-refractivity contribution in [2.45, 2.75) is 38.9 Å². The molecule has 2 unspecified atom stereocenters. The summed E-state index contributed by atoms with van der Waals surface area (Å²) in [5.74, 6) is 1.53. The molecule has 1 aliphatic rings. The van der Waals surface area contributed by atoms with Crippen molar-refractivity contribution >= 4 is 0 Å². The van der Waals surface area contributed by atoms with Crippen molar-refractivity contribution in [1.29, 1.82) is 0 Å². The van der Waals surface area contributed by atoms with E-state index in [1.165, 1.54) is 0 Å². The van der Waals surface area contributed by atoms with Gasteiger partial charge < -0.3 is 18.9 Å². The van der Waals surface area contributed by atoms with Crippen molar-refractivity contribution in [1.82, 2.24) is 20.2 Å². The van der Waals surface area contributed by atoms with Crippen LogP contribution in [0.5, 0.6) is 0 Å². The van der Waals surface area contributed by atoms with Crippen LogP contribution in [0.4, 0.5) is 0 Å². The maximum Gasteiger partial charge on any atom is 0.280 e. The quantitative estimate of drug-likeness (QED) is 0.390. The molecule has 8 heteroatoms. The van der Waals surface area contributed by atoms with Gasteiger partial charge in [0.05, 0.1) is 18.8 Å². The summed E-state index contributed by atoms with van der Waals surface area (Å²) in [5, 5.41) is 19.1. The van der Waals surface area contributed by atoms with Gasteiger partial charge in [0.15, 0.2) is 11.5 Å². The summed E-state index contributed by atoms with van der Waals surface area (Å²) in [6, 6.07) is 17.5. The zero-order valence-electron chi connectivity index (χ0n) is 20.1. The molecule has 182 valence electrons. The molecule has 1 N–H and O–H groups in total. The number of aliphatic hydroxyl groups is 1. The van der Waals surface area contributed by atoms with Gasteiger partial charge in [-0.25, -0.2) is 0 Å². The molecule has 2 aromatic carbocycles. The highest BCUT2D eigenvalue weighted by molar-refractivity contribution is 5.69. The molecular weight excluding hydrogens is 444 g/mol. The second kappa shape index (κ2) is 10.5. The van der Waals surface area contributed by atoms with E-state index in [0.29, 0.717) is 30.6 Å². The summed E-state index contributed by atoms with van der Waals surface area (Å²) in [6.07, 6.45) is 1.34. The van der Waals surface area contributed by atoms with E-state index in [1.807, 2.05) is 54.6 Å². The van der Waals surface area contributed by atoms with Crippen molar-refractivity contribution in [3.63, 3.8) is 0 Å². The smallest absolute Gasteiger partial charge is 0.280 e. The first kappa shape index (κ1) is 23.4. The molecular formula is C27H30N4O4. The van der Waals surface area contributed by atoms with Crippen molar-refractivity contribution in [2.24, 2.45) is 0 Å². The maximum atomic E-state index is 10.7. The Hall–Kier alpha value is -3.33. The SMILES string of the molecule is CCCc1c(-c2nc(-c3ccc(C(O)CN4CCOC(C)C4)cc3)no2)noc1-c1ccccc1. The van der Waals surface area contributed by atoms with Crippen LogP contribution >= 0.6 is 0 Å². The minimum Gasteiger partial charge on any atom is -0.387 e. The first-order valence-corrected chi connectivity index (χ1v) is 12.1. The van der Waals surface area contributed by atoms with Gasteiger partial charge in [0.1, 0.15) is 0 Å². The number of nitrogens with zero attached hydrogens (tertiary/aromatic N) is 4. The number of β-amino-alcohol motifs (C(OH)–C–C–N with tert-alkyl or cyclic N) is 1. The van der Waals surface area contributed by atoms with Crippen LogP contribution in [-0.4, -0.2) is 57.6 Å². The fourth-order valence-electron chi connectivity index (χ4n) is 4.47. The topological polar surface area (TPSA) is 97.7 Å². The Morgan fingerprint density at radius 1 is 1.03 bits per heavy atom. The Bertz CT molecular complexity index is 1240. The van der Waals surface area contributed by atoms with E-state index < -0.39 is 6.10 Å². The first-order chi connectivity index (χ1) is 17.1. The third-order valence-corrected chi connectivity index (χ3v) is 6.26. The lowest BCUT2D eigenvalue weighted by Gasteiger charge is -2.32. The molecule has 1 aliphatic heterocycles. The highest BCUT2D eigenvalue weighted by Gasteiger charge is 2.24. The molecule has 8 nitrogen and oxygen atoms in total. The van der Waals surface area contributed by atoms with E-state index in [4.69, 9.17) is 13.8 Å². The molecule has 2 aromatic heterocycles. The summed E-state index contributed by atoms with van der Waals surface area (Å²) >= 11 is 0. The number of hydrogen-bond donors (Lipinski definition) is 1. The van der Waals surface area contributed by atoms with Crippen LogP contribution in [0.15, 0.2) is 63.6 Å². The van der Waals surface area contributed by atoms with Gasteiger partial charge in [-0.3, -0.25) is 4.90 Å². The Kier molecular flexibility index (Phi) is 7.03. The number of aliphatic hydroxyl groups excluding tert-OH is 1. The van der Waals surface area contributed by atoms with Gasteiger partial charge in [0, 0.05) is 36.3 Å². The third kappa shape index (κ3) is 5.19. The standard InChI is InChI=1S/C27H30N4O4/c1-3-7-22-24(29-34-25(22)20-8-5-4-6-9-20)27-28-26(30-35-27)21-12-10-19(11-13-21)23(32)17-31-14-15-33-18(2)16-31/h4-6,8-13,18,23,32H,3,7,14-17H2,1-2H3. The molecule has 0 radical (unpaired) electrons. The summed E-state index contributed by atoms with van der Waals surface area (Å²) in [4.78, 5) is 6.82. The van der Waals surface area contributed by atoms with Crippen molar-refractivity contribution in [3.05, 3.63) is 65.7 Å². The van der Waals surface area contributed by atoms with Crippen molar-refractivity contribution < 1.29 is 18.9 Å². The van der Waals surface area contributed by atoms with E-state index in [2.05, 4.69) is 34.0 Å². The molecule has 1 fully saturated rings. The molecule has 0 spiro atoms. The van der Waals surface area contributed by atoms with E-state index in [-0.39, 0.29) is 6.10 Å². The summed E-state index contributed by atoms with van der Waals surface area (Å²) in [5.41, 5.74) is 4.17. The molecule has 0 bridgehead atoms. The van der Waals surface area contributed by atoms with E-state index >= 15 is 0 Å². The number of rotatable bonds is 8. The monoisotopic (exact) mass is 474 g/mol. The highest BCUT2D eigenvalue weighted by atomic mass is 16.5. The van der Waals surface area contributed by atoms with Gasteiger partial charge in [0.25, 0.3) is 5.89 Å². The minimum absolute atomic E-state index is 0.192. The largest absolute Gasteiger partial charge is 0.387 e. The maximum absolute atomic E-state index is 10.7. The van der Waals surface area contributed by atoms with E-state index in [9.17, 15) is 5.11 Å². The zero-order chi connectivity index (χ0) is 24.2. The highest BCUT2D eigenvalue weighted by Crippen LogP contribution is 2.33. The first-order valence-electron chi connectivity index (χ1n) is 12.1. The third-order valence-electron chi connectivity index (χ3n) is 6.26. The Morgan fingerprint density at radius 2 is 1.83 bits per heavy atom. The van der Waals surface area contributed by atoms with E-state index in [0.717, 1.165) is 53.9 Å². The molecule has 0 aliphatic carbocycles. The van der Waals surface area contributed by atoms with Crippen molar-refractivity contribution in [3.8, 4) is 34.3 Å². The minimum atomic E-state index is -0.571. The zero-order valence-corrected chi connectivity index (χ0v) is 20.1. The number of benzene rings is 2. The fraction of sp³-hybridized carbons (Fsp3) is 0.370. The molecule has 2 atom stereocenters. The second-order valence-electron chi connectivity index (χ2n) is 8.96. The summed E-state index contributed by atoms with van der Waals surface area (Å²) < 4.78 is 16.9. The van der Waals surface area contributed by atoms with Crippen LogP contribution < -0.4 is 0 Å². The van der Waals surface area contributed by atoms with Crippen LogP contribution in [-0.2, 0) is 11.2 Å². The Morgan fingerprint density at radius 3 is 2.57 bits per heavy atom. The number of aromatic nitrogens is 3. The normalized spacial score (nSPS) is 17.5. The molecule has 4 aromatic rings. The van der Waals surface area contributed by atoms with E-state index in [1.54, 1.807) is 0 Å². The lowest BCUT2D eigenvalue weighted by Crippen LogP contribution is -2.42. The Labute approximate surface area is 204 Å². The van der Waals surface area contributed by atoms with Gasteiger partial charge in [-0.1, -0.05) is 78.3 Å². The number of ether oxygens (including phenoxy) is 1. The van der Waals surface area contributed by atoms with Gasteiger partial charge >= 0.3 is 0 Å². The number of morpholine rings is 1. The molecule has 0 amide bonds. The second-order valence-corrected chi connectivity index (χ2v) is 8.96. The van der Waals surface area contributed by atoms with Crippen LogP contribution in [0.2, 0.25) is 0 Å². The van der Waals surface area contributed by atoms with Crippen LogP contribution in [0.3, 0.4) is 0 Å². The van der Waals surface area contributed by atoms with Gasteiger partial charge in [0.2, 0.25) is 5.82 Å². The molecule has 1 saturated heterocycles. The summed E-state index contributed by atoms with van der Waals surface area (Å²) in [7, 11) is 0. The predicted molar refractivity (Wildman–Crippen MR) is 131 cm³/mol. The lowest BCUT2D eigenvalue weighted by molar-refractivity contribution is -0.0318. The summed E-state index contributed by atoms with van der Waals surface area (Å²) in [6.45, 7) is 7.11. The van der Waals surface area contributed by atoms with Gasteiger partial charge in [-0.15, -0.1) is 0 Å². The average Bonchev–Trinajstić information content (AvgIpc) is 3.52. The van der Waals surface area contributed by atoms with Crippen LogP contribution in [0.1, 0.15) is 37.5 Å². The lowest BCUT2D eigenvalue weighted by atomic mass is 10.0. The molecule has 3 heterocycles. The molecule has 35 heavy (non-hydrogen) atoms. The fourth-order valence-corrected chi connectivity index (χ4v) is 4.47. The van der Waals surface area contributed by atoms with Crippen LogP contribution in [0, 0.1) is 0 Å². The van der Waals surface area contributed by atoms with Gasteiger partial charge in [-0.2, -0.15) is 4.98 Å². The van der Waals surface area contributed by atoms with Crippen molar-refractivity contribution in [2.75, 3.05) is 26.2 Å². The Balaban J connectivity index is 1.33.